The number of hydrogen-bond acceptors (Lipinski definition) is 6. The van der Waals surface area contributed by atoms with E-state index in [9.17, 15) is 4.39 Å². The first-order valence-corrected chi connectivity index (χ1v) is 9.80. The van der Waals surface area contributed by atoms with Crippen LogP contribution >= 0.6 is 0 Å². The van der Waals surface area contributed by atoms with Gasteiger partial charge in [0.2, 0.25) is 0 Å². The highest BCUT2D eigenvalue weighted by Crippen LogP contribution is 2.38. The predicted octanol–water partition coefficient (Wildman–Crippen LogP) is 4.09. The SMILES string of the molecule is Cc1noc(-c2c(N3CCC(N)CC3)nc3c(F)cc(C(C)C)cc3c2C)n1. The van der Waals surface area contributed by atoms with Gasteiger partial charge in [-0.15, -0.1) is 0 Å². The number of benzene rings is 1. The number of rotatable bonds is 3. The molecule has 7 heteroatoms. The first-order chi connectivity index (χ1) is 13.3. The van der Waals surface area contributed by atoms with E-state index in [0.29, 0.717) is 23.0 Å². The van der Waals surface area contributed by atoms with Gasteiger partial charge < -0.3 is 15.2 Å². The number of nitrogens with two attached hydrogens (primary N) is 1. The van der Waals surface area contributed by atoms with Crippen molar-refractivity contribution in [2.75, 3.05) is 18.0 Å². The second-order valence-electron chi connectivity index (χ2n) is 7.96. The summed E-state index contributed by atoms with van der Waals surface area (Å²) in [5, 5.41) is 4.73. The van der Waals surface area contributed by atoms with Crippen LogP contribution < -0.4 is 10.6 Å². The Labute approximate surface area is 163 Å². The zero-order valence-corrected chi connectivity index (χ0v) is 16.8. The molecule has 6 nitrogen and oxygen atoms in total. The Kier molecular flexibility index (Phi) is 4.79. The van der Waals surface area contributed by atoms with Crippen molar-refractivity contribution in [3.8, 4) is 11.5 Å². The fraction of sp³-hybridized carbons (Fsp3) is 0.476. The molecule has 148 valence electrons. The van der Waals surface area contributed by atoms with Gasteiger partial charge in [0.1, 0.15) is 17.2 Å². The third kappa shape index (κ3) is 3.24. The molecule has 0 atom stereocenters. The molecule has 0 bridgehead atoms. The Balaban J connectivity index is 1.98. The summed E-state index contributed by atoms with van der Waals surface area (Å²) in [6.45, 7) is 9.40. The monoisotopic (exact) mass is 383 g/mol. The zero-order valence-electron chi connectivity index (χ0n) is 16.8. The first kappa shape index (κ1) is 18.8. The van der Waals surface area contributed by atoms with Gasteiger partial charge in [-0.2, -0.15) is 4.98 Å². The topological polar surface area (TPSA) is 81.1 Å². The molecule has 3 aromatic rings. The van der Waals surface area contributed by atoms with E-state index in [4.69, 9.17) is 15.2 Å². The van der Waals surface area contributed by atoms with E-state index in [2.05, 4.69) is 28.9 Å². The molecule has 1 aliphatic rings. The van der Waals surface area contributed by atoms with Gasteiger partial charge in [-0.25, -0.2) is 9.37 Å². The second kappa shape index (κ2) is 7.13. The first-order valence-electron chi connectivity index (χ1n) is 9.80. The third-order valence-electron chi connectivity index (χ3n) is 5.55. The predicted molar refractivity (Wildman–Crippen MR) is 108 cm³/mol. The third-order valence-corrected chi connectivity index (χ3v) is 5.55. The molecule has 0 spiro atoms. The molecular formula is C21H26FN5O. The van der Waals surface area contributed by atoms with Gasteiger partial charge >= 0.3 is 0 Å². The highest BCUT2D eigenvalue weighted by Gasteiger charge is 2.27. The number of hydrogen-bond donors (Lipinski definition) is 1. The number of pyridine rings is 1. The van der Waals surface area contributed by atoms with Crippen LogP contribution in [-0.4, -0.2) is 34.3 Å². The summed E-state index contributed by atoms with van der Waals surface area (Å²) in [5.74, 6) is 1.59. The van der Waals surface area contributed by atoms with Crippen LogP contribution in [0.15, 0.2) is 16.7 Å². The van der Waals surface area contributed by atoms with E-state index in [0.717, 1.165) is 48.0 Å². The number of aryl methyl sites for hydroxylation is 2. The van der Waals surface area contributed by atoms with E-state index in [1.807, 2.05) is 13.0 Å². The van der Waals surface area contributed by atoms with Crippen molar-refractivity contribution >= 4 is 16.7 Å². The molecular weight excluding hydrogens is 357 g/mol. The number of anilines is 1. The van der Waals surface area contributed by atoms with Crippen molar-refractivity contribution in [2.24, 2.45) is 5.73 Å². The van der Waals surface area contributed by atoms with Gasteiger partial charge in [0.15, 0.2) is 5.82 Å². The average molecular weight is 383 g/mol. The summed E-state index contributed by atoms with van der Waals surface area (Å²) < 4.78 is 20.5. The molecule has 1 fully saturated rings. The highest BCUT2D eigenvalue weighted by atomic mass is 19.1. The van der Waals surface area contributed by atoms with Crippen LogP contribution in [0.25, 0.3) is 22.4 Å². The second-order valence-corrected chi connectivity index (χ2v) is 7.96. The fourth-order valence-corrected chi connectivity index (χ4v) is 3.81. The van der Waals surface area contributed by atoms with Crippen LogP contribution in [0.1, 0.15) is 49.6 Å². The molecule has 0 saturated carbocycles. The largest absolute Gasteiger partial charge is 0.356 e. The normalized spacial score (nSPS) is 15.8. The maximum Gasteiger partial charge on any atom is 0.261 e. The van der Waals surface area contributed by atoms with Crippen molar-refractivity contribution in [3.05, 3.63) is 34.9 Å². The number of halogens is 1. The number of aromatic nitrogens is 3. The summed E-state index contributed by atoms with van der Waals surface area (Å²) >= 11 is 0. The molecule has 2 aromatic heterocycles. The molecule has 0 unspecified atom stereocenters. The fourth-order valence-electron chi connectivity index (χ4n) is 3.81. The summed E-state index contributed by atoms with van der Waals surface area (Å²) in [6, 6.07) is 3.80. The lowest BCUT2D eigenvalue weighted by atomic mass is 9.96. The summed E-state index contributed by atoms with van der Waals surface area (Å²) in [5.41, 5.74) is 9.08. The van der Waals surface area contributed by atoms with Crippen LogP contribution in [0.5, 0.6) is 0 Å². The zero-order chi connectivity index (χ0) is 20.0. The van der Waals surface area contributed by atoms with Crippen molar-refractivity contribution in [1.29, 1.82) is 0 Å². The Morgan fingerprint density at radius 3 is 2.50 bits per heavy atom. The molecule has 0 radical (unpaired) electrons. The average Bonchev–Trinajstić information content (AvgIpc) is 3.08. The van der Waals surface area contributed by atoms with Crippen LogP contribution in [0.2, 0.25) is 0 Å². The maximum absolute atomic E-state index is 15.0. The summed E-state index contributed by atoms with van der Waals surface area (Å²) in [7, 11) is 0. The Morgan fingerprint density at radius 1 is 1.18 bits per heavy atom. The van der Waals surface area contributed by atoms with Gasteiger partial charge in [0.25, 0.3) is 5.89 Å². The van der Waals surface area contributed by atoms with Crippen molar-refractivity contribution in [2.45, 2.75) is 52.5 Å². The van der Waals surface area contributed by atoms with Crippen LogP contribution in [-0.2, 0) is 0 Å². The lowest BCUT2D eigenvalue weighted by Gasteiger charge is -2.32. The molecule has 3 heterocycles. The van der Waals surface area contributed by atoms with E-state index in [1.165, 1.54) is 0 Å². The minimum Gasteiger partial charge on any atom is -0.356 e. The van der Waals surface area contributed by atoms with Gasteiger partial charge in [-0.1, -0.05) is 19.0 Å². The highest BCUT2D eigenvalue weighted by molar-refractivity contribution is 5.93. The number of piperidine rings is 1. The van der Waals surface area contributed by atoms with Crippen LogP contribution in [0.4, 0.5) is 10.2 Å². The minimum absolute atomic E-state index is 0.192. The molecule has 0 aliphatic carbocycles. The lowest BCUT2D eigenvalue weighted by molar-refractivity contribution is 0.425. The van der Waals surface area contributed by atoms with Gasteiger partial charge in [-0.05, 0) is 55.9 Å². The molecule has 0 amide bonds. The number of nitrogens with zero attached hydrogens (tertiary/aromatic N) is 4. The van der Waals surface area contributed by atoms with E-state index < -0.39 is 0 Å². The van der Waals surface area contributed by atoms with E-state index in [1.54, 1.807) is 13.0 Å². The Hall–Kier alpha value is -2.54. The standard InChI is InChI=1S/C21H26FN5O/c1-11(2)14-9-16-12(3)18(21-24-13(4)26-28-21)20(25-19(16)17(22)10-14)27-7-5-15(23)6-8-27/h9-11,15H,5-8,23H2,1-4H3. The van der Waals surface area contributed by atoms with Gasteiger partial charge in [-0.3, -0.25) is 0 Å². The van der Waals surface area contributed by atoms with Crippen molar-refractivity contribution in [3.63, 3.8) is 0 Å². The molecule has 1 aliphatic heterocycles. The van der Waals surface area contributed by atoms with Crippen LogP contribution in [0.3, 0.4) is 0 Å². The molecule has 1 aromatic carbocycles. The smallest absolute Gasteiger partial charge is 0.261 e. The number of fused-ring (bicyclic) bond motifs is 1. The Morgan fingerprint density at radius 2 is 1.89 bits per heavy atom. The summed E-state index contributed by atoms with van der Waals surface area (Å²) in [6.07, 6.45) is 1.74. The van der Waals surface area contributed by atoms with E-state index in [-0.39, 0.29) is 17.8 Å². The molecule has 28 heavy (non-hydrogen) atoms. The minimum atomic E-state index is -0.299. The molecule has 2 N–H and O–H groups in total. The maximum atomic E-state index is 15.0. The van der Waals surface area contributed by atoms with Gasteiger partial charge in [0, 0.05) is 24.5 Å². The van der Waals surface area contributed by atoms with Crippen molar-refractivity contribution in [1.82, 2.24) is 15.1 Å². The molecule has 4 rings (SSSR count). The lowest BCUT2D eigenvalue weighted by Crippen LogP contribution is -2.40. The summed E-state index contributed by atoms with van der Waals surface area (Å²) in [4.78, 5) is 11.3. The Bertz CT molecular complexity index is 1020. The van der Waals surface area contributed by atoms with E-state index >= 15 is 0 Å². The van der Waals surface area contributed by atoms with Gasteiger partial charge in [0.05, 0.1) is 5.56 Å². The quantitative estimate of drug-likeness (QED) is 0.734. The molecule has 1 saturated heterocycles. The van der Waals surface area contributed by atoms with Crippen molar-refractivity contribution < 1.29 is 8.91 Å². The van der Waals surface area contributed by atoms with Crippen LogP contribution in [0, 0.1) is 19.7 Å².